The molecular weight excluding hydrogens is 410 g/mol. The van der Waals surface area contributed by atoms with Gasteiger partial charge in [-0.2, -0.15) is 4.31 Å². The van der Waals surface area contributed by atoms with Crippen LogP contribution in [-0.4, -0.2) is 47.6 Å². The van der Waals surface area contributed by atoms with Gasteiger partial charge >= 0.3 is 0 Å². The van der Waals surface area contributed by atoms with E-state index in [-0.39, 0.29) is 16.8 Å². The monoisotopic (exact) mass is 437 g/mol. The van der Waals surface area contributed by atoms with Crippen LogP contribution in [0.5, 0.6) is 0 Å². The van der Waals surface area contributed by atoms with Crippen LogP contribution in [0.2, 0.25) is 0 Å². The van der Waals surface area contributed by atoms with Crippen LogP contribution in [-0.2, 0) is 23.0 Å². The van der Waals surface area contributed by atoms with E-state index in [4.69, 9.17) is 0 Å². The Bertz CT molecular complexity index is 1230. The maximum atomic E-state index is 13.1. The van der Waals surface area contributed by atoms with E-state index in [0.717, 1.165) is 36.6 Å². The van der Waals surface area contributed by atoms with Gasteiger partial charge in [0.05, 0.1) is 4.90 Å². The molecule has 2 aromatic carbocycles. The van der Waals surface area contributed by atoms with Crippen molar-refractivity contribution in [3.05, 3.63) is 65.4 Å². The smallest absolute Gasteiger partial charge is 0.254 e. The first-order valence-corrected chi connectivity index (χ1v) is 12.4. The van der Waals surface area contributed by atoms with Crippen molar-refractivity contribution in [2.45, 2.75) is 50.1 Å². The Morgan fingerprint density at radius 3 is 2.58 bits per heavy atom. The molecule has 31 heavy (non-hydrogen) atoms. The zero-order chi connectivity index (χ0) is 21.6. The molecule has 7 heteroatoms. The number of para-hydroxylation sites is 1. The Kier molecular flexibility index (Phi) is 5.10. The molecular formula is C24H27N3O3S. The quantitative estimate of drug-likeness (QED) is 0.675. The van der Waals surface area contributed by atoms with Crippen LogP contribution in [0, 0.1) is 0 Å². The largest absolute Gasteiger partial charge is 0.358 e. The lowest BCUT2D eigenvalue weighted by Gasteiger charge is -2.32. The van der Waals surface area contributed by atoms with Crippen LogP contribution in [0.25, 0.3) is 10.9 Å². The van der Waals surface area contributed by atoms with Gasteiger partial charge < -0.3 is 9.88 Å². The summed E-state index contributed by atoms with van der Waals surface area (Å²) in [5.41, 5.74) is 3.99. The number of sulfonamides is 1. The second-order valence-electron chi connectivity index (χ2n) is 8.59. The molecule has 3 heterocycles. The van der Waals surface area contributed by atoms with Crippen LogP contribution >= 0.6 is 0 Å². The Hall–Kier alpha value is -2.64. The highest BCUT2D eigenvalue weighted by Gasteiger charge is 2.31. The molecule has 1 aromatic heterocycles. The number of benzene rings is 2. The Morgan fingerprint density at radius 2 is 1.81 bits per heavy atom. The summed E-state index contributed by atoms with van der Waals surface area (Å²) < 4.78 is 27.7. The minimum atomic E-state index is -3.53. The molecule has 0 radical (unpaired) electrons. The maximum absolute atomic E-state index is 13.1. The summed E-state index contributed by atoms with van der Waals surface area (Å²) in [5, 5.41) is 1.16. The predicted octanol–water partition coefficient (Wildman–Crippen LogP) is 3.93. The second-order valence-corrected chi connectivity index (χ2v) is 10.5. The van der Waals surface area contributed by atoms with Crippen molar-refractivity contribution in [2.75, 3.05) is 13.1 Å². The second kappa shape index (κ2) is 7.80. The maximum Gasteiger partial charge on any atom is 0.254 e. The minimum Gasteiger partial charge on any atom is -0.358 e. The molecule has 2 aliphatic rings. The normalized spacial score (nSPS) is 20.0. The molecule has 6 nitrogen and oxygen atoms in total. The lowest BCUT2D eigenvalue weighted by atomic mass is 10.0. The molecule has 3 aromatic rings. The number of carbonyl (C=O) groups excluding carboxylic acids is 1. The summed E-state index contributed by atoms with van der Waals surface area (Å²) >= 11 is 0. The first kappa shape index (κ1) is 20.3. The van der Waals surface area contributed by atoms with Crippen molar-refractivity contribution >= 4 is 26.8 Å². The van der Waals surface area contributed by atoms with Crippen molar-refractivity contribution in [3.63, 3.8) is 0 Å². The van der Waals surface area contributed by atoms with Gasteiger partial charge in [0.1, 0.15) is 0 Å². The number of aromatic nitrogens is 1. The van der Waals surface area contributed by atoms with Gasteiger partial charge in [0.2, 0.25) is 10.0 Å². The summed E-state index contributed by atoms with van der Waals surface area (Å²) in [5.74, 6) is -0.0637. The number of H-pyrrole nitrogens is 1. The highest BCUT2D eigenvalue weighted by Crippen LogP contribution is 2.29. The van der Waals surface area contributed by atoms with E-state index < -0.39 is 10.0 Å². The Morgan fingerprint density at radius 1 is 1.03 bits per heavy atom. The van der Waals surface area contributed by atoms with E-state index in [1.54, 1.807) is 28.6 Å². The van der Waals surface area contributed by atoms with E-state index in [0.29, 0.717) is 25.2 Å². The predicted molar refractivity (Wildman–Crippen MR) is 120 cm³/mol. The molecule has 0 aliphatic carbocycles. The van der Waals surface area contributed by atoms with Crippen LogP contribution in [0.3, 0.4) is 0 Å². The molecule has 1 N–H and O–H groups in total. The van der Waals surface area contributed by atoms with Gasteiger partial charge in [-0.25, -0.2) is 8.42 Å². The molecule has 0 bridgehead atoms. The number of hydrogen-bond donors (Lipinski definition) is 1. The number of fused-ring (bicyclic) bond motifs is 3. The number of nitrogens with one attached hydrogen (secondary N) is 1. The molecule has 1 fully saturated rings. The van der Waals surface area contributed by atoms with Crippen LogP contribution < -0.4 is 0 Å². The van der Waals surface area contributed by atoms with E-state index in [2.05, 4.69) is 17.1 Å². The number of hydrogen-bond acceptors (Lipinski definition) is 3. The highest BCUT2D eigenvalue weighted by atomic mass is 32.2. The van der Waals surface area contributed by atoms with Gasteiger partial charge in [0.25, 0.3) is 5.91 Å². The van der Waals surface area contributed by atoms with Gasteiger partial charge in [-0.3, -0.25) is 4.79 Å². The van der Waals surface area contributed by atoms with Crippen molar-refractivity contribution in [2.24, 2.45) is 0 Å². The summed E-state index contributed by atoms with van der Waals surface area (Å²) in [6, 6.07) is 14.6. The van der Waals surface area contributed by atoms with Gasteiger partial charge in [-0.15, -0.1) is 0 Å². The third kappa shape index (κ3) is 3.55. The number of amides is 1. The summed E-state index contributed by atoms with van der Waals surface area (Å²) in [7, 11) is -3.53. The topological polar surface area (TPSA) is 73.5 Å². The molecule has 1 saturated heterocycles. The molecule has 0 saturated carbocycles. The zero-order valence-electron chi connectivity index (χ0n) is 17.7. The van der Waals surface area contributed by atoms with E-state index >= 15 is 0 Å². The highest BCUT2D eigenvalue weighted by molar-refractivity contribution is 7.89. The summed E-state index contributed by atoms with van der Waals surface area (Å²) in [6.45, 7) is 3.72. The lowest BCUT2D eigenvalue weighted by molar-refractivity contribution is 0.0735. The first-order valence-electron chi connectivity index (χ1n) is 10.9. The first-order chi connectivity index (χ1) is 14.9. The standard InChI is InChI=1S/C24H27N3O3S/c1-17-6-4-5-14-27(17)31(29,30)19-11-9-18(10-12-19)24(28)26-15-13-23-21(16-26)20-7-2-3-8-22(20)25-23/h2-3,7-12,17,25H,4-6,13-16H2,1H3. The zero-order valence-corrected chi connectivity index (χ0v) is 18.5. The van der Waals surface area contributed by atoms with Crippen molar-refractivity contribution in [1.29, 1.82) is 0 Å². The summed E-state index contributed by atoms with van der Waals surface area (Å²) in [4.78, 5) is 18.7. The Labute approximate surface area is 182 Å². The van der Waals surface area contributed by atoms with Gasteiger partial charge in [0, 0.05) is 59.8 Å². The average Bonchev–Trinajstić information content (AvgIpc) is 3.17. The van der Waals surface area contributed by atoms with Crippen LogP contribution in [0.4, 0.5) is 0 Å². The third-order valence-corrected chi connectivity index (χ3v) is 8.65. The number of carbonyl (C=O) groups is 1. The fraction of sp³-hybridized carbons (Fsp3) is 0.375. The molecule has 1 atom stereocenters. The van der Waals surface area contributed by atoms with Crippen LogP contribution in [0.15, 0.2) is 53.4 Å². The fourth-order valence-electron chi connectivity index (χ4n) is 4.86. The van der Waals surface area contributed by atoms with Crippen LogP contribution in [0.1, 0.15) is 47.8 Å². The van der Waals surface area contributed by atoms with Crippen molar-refractivity contribution < 1.29 is 13.2 Å². The van der Waals surface area contributed by atoms with Gasteiger partial charge in [0.15, 0.2) is 0 Å². The van der Waals surface area contributed by atoms with Crippen molar-refractivity contribution in [3.8, 4) is 0 Å². The van der Waals surface area contributed by atoms with Crippen molar-refractivity contribution in [1.82, 2.24) is 14.2 Å². The number of rotatable bonds is 3. The average molecular weight is 438 g/mol. The SMILES string of the molecule is CC1CCCCN1S(=O)(=O)c1ccc(C(=O)N2CCc3[nH]c4ccccc4c3C2)cc1. The fourth-order valence-corrected chi connectivity index (χ4v) is 6.56. The number of piperidine rings is 1. The van der Waals surface area contributed by atoms with E-state index in [9.17, 15) is 13.2 Å². The lowest BCUT2D eigenvalue weighted by Crippen LogP contribution is -2.41. The molecule has 162 valence electrons. The number of aromatic amines is 1. The molecule has 1 amide bonds. The number of nitrogens with zero attached hydrogens (tertiary/aromatic N) is 2. The van der Waals surface area contributed by atoms with Gasteiger partial charge in [-0.1, -0.05) is 24.6 Å². The molecule has 2 aliphatic heterocycles. The third-order valence-electron chi connectivity index (χ3n) is 6.62. The van der Waals surface area contributed by atoms with E-state index in [1.807, 2.05) is 24.0 Å². The molecule has 1 unspecified atom stereocenters. The minimum absolute atomic E-state index is 0.0128. The molecule has 5 rings (SSSR count). The van der Waals surface area contributed by atoms with Gasteiger partial charge in [-0.05, 0) is 50.1 Å². The Balaban J connectivity index is 1.36. The summed E-state index contributed by atoms with van der Waals surface area (Å²) in [6.07, 6.45) is 3.63. The molecule has 0 spiro atoms. The van der Waals surface area contributed by atoms with E-state index in [1.165, 1.54) is 11.3 Å².